The molecule has 0 unspecified atom stereocenters. The Morgan fingerprint density at radius 1 is 0.889 bits per heavy atom. The first-order chi connectivity index (χ1) is 17.4. The summed E-state index contributed by atoms with van der Waals surface area (Å²) in [4.78, 5) is 21.1. The van der Waals surface area contributed by atoms with Crippen molar-refractivity contribution in [3.8, 4) is 22.5 Å². The fourth-order valence-corrected chi connectivity index (χ4v) is 3.81. The fraction of sp³-hybridized carbons (Fsp3) is 0.0741. The summed E-state index contributed by atoms with van der Waals surface area (Å²) < 4.78 is 40.5. The van der Waals surface area contributed by atoms with E-state index >= 15 is 0 Å². The first kappa shape index (κ1) is 23.1. The van der Waals surface area contributed by atoms with E-state index in [1.54, 1.807) is 12.4 Å². The number of carbonyl (C=O) groups excluding carboxylic acids is 1. The number of alkyl halides is 3. The Bertz CT molecular complexity index is 1510. The van der Waals surface area contributed by atoms with Crippen LogP contribution in [0.1, 0.15) is 11.1 Å². The minimum Gasteiger partial charge on any atom is -0.334 e. The van der Waals surface area contributed by atoms with Crippen LogP contribution in [0, 0.1) is 0 Å². The predicted octanol–water partition coefficient (Wildman–Crippen LogP) is 6.40. The topological polar surface area (TPSA) is 71.3 Å². The van der Waals surface area contributed by atoms with E-state index < -0.39 is 17.8 Å². The molecule has 0 radical (unpaired) electrons. The Kier molecular flexibility index (Phi) is 6.12. The second-order valence-electron chi connectivity index (χ2n) is 8.09. The Morgan fingerprint density at radius 2 is 1.72 bits per heavy atom. The van der Waals surface area contributed by atoms with Crippen molar-refractivity contribution in [2.75, 3.05) is 5.32 Å². The maximum absolute atomic E-state index is 12.8. The Balaban J connectivity index is 1.24. The van der Waals surface area contributed by atoms with Crippen molar-refractivity contribution in [2.24, 2.45) is 0 Å². The van der Waals surface area contributed by atoms with E-state index in [4.69, 9.17) is 0 Å². The lowest BCUT2D eigenvalue weighted by Crippen LogP contribution is -2.28. The summed E-state index contributed by atoms with van der Waals surface area (Å²) in [5.74, 6) is 0. The monoisotopic (exact) mass is 487 g/mol. The average Bonchev–Trinajstić information content (AvgIpc) is 3.31. The van der Waals surface area contributed by atoms with E-state index in [9.17, 15) is 18.0 Å². The normalized spacial score (nSPS) is 11.4. The third-order valence-electron chi connectivity index (χ3n) is 5.62. The van der Waals surface area contributed by atoms with Gasteiger partial charge in [0, 0.05) is 35.8 Å². The number of amides is 2. The van der Waals surface area contributed by atoms with Crippen molar-refractivity contribution in [2.45, 2.75) is 12.7 Å². The van der Waals surface area contributed by atoms with E-state index in [-0.39, 0.29) is 12.2 Å². The number of aromatic nitrogens is 3. The van der Waals surface area contributed by atoms with Gasteiger partial charge < -0.3 is 10.6 Å². The van der Waals surface area contributed by atoms with Crippen LogP contribution in [-0.4, -0.2) is 20.4 Å². The van der Waals surface area contributed by atoms with E-state index in [1.165, 1.54) is 12.1 Å². The van der Waals surface area contributed by atoms with Crippen molar-refractivity contribution in [1.82, 2.24) is 19.7 Å². The number of hydrogen-bond acceptors (Lipinski definition) is 3. The molecule has 0 aliphatic heterocycles. The molecule has 5 rings (SSSR count). The van der Waals surface area contributed by atoms with Crippen LogP contribution >= 0.6 is 0 Å². The molecule has 180 valence electrons. The molecule has 2 amide bonds. The van der Waals surface area contributed by atoms with E-state index in [0.29, 0.717) is 0 Å². The summed E-state index contributed by atoms with van der Waals surface area (Å²) in [5, 5.41) is 5.09. The molecule has 36 heavy (non-hydrogen) atoms. The molecular weight excluding hydrogens is 467 g/mol. The zero-order valence-electron chi connectivity index (χ0n) is 18.8. The molecule has 0 aliphatic carbocycles. The lowest BCUT2D eigenvalue weighted by Gasteiger charge is -2.11. The van der Waals surface area contributed by atoms with Crippen LogP contribution in [0.15, 0.2) is 97.5 Å². The highest BCUT2D eigenvalue weighted by atomic mass is 19.4. The molecule has 0 atom stereocenters. The van der Waals surface area contributed by atoms with Gasteiger partial charge in [0.1, 0.15) is 5.65 Å². The standard InChI is InChI=1S/C27H20F3N5O/c28-27(29,30)21-4-3-5-22(15-21)34-26(36)33-16-18-7-9-19(10-8-18)24-17-32-25-14-20(11-13-35(24)25)23-6-1-2-12-31-23/h1-15,17H,16H2,(H2,33,34,36). The van der Waals surface area contributed by atoms with Crippen LogP contribution in [0.3, 0.4) is 0 Å². The highest BCUT2D eigenvalue weighted by Crippen LogP contribution is 2.30. The summed E-state index contributed by atoms with van der Waals surface area (Å²) in [6.45, 7) is 0.214. The Morgan fingerprint density at radius 3 is 2.47 bits per heavy atom. The third-order valence-corrected chi connectivity index (χ3v) is 5.62. The number of carbonyl (C=O) groups is 1. The number of nitrogens with one attached hydrogen (secondary N) is 2. The van der Waals surface area contributed by atoms with Gasteiger partial charge in [-0.05, 0) is 48.0 Å². The maximum Gasteiger partial charge on any atom is 0.416 e. The van der Waals surface area contributed by atoms with Crippen LogP contribution in [0.25, 0.3) is 28.2 Å². The van der Waals surface area contributed by atoms with Gasteiger partial charge in [-0.15, -0.1) is 0 Å². The zero-order chi connectivity index (χ0) is 25.1. The van der Waals surface area contributed by atoms with Gasteiger partial charge in [-0.2, -0.15) is 13.2 Å². The number of benzene rings is 2. The molecule has 3 aromatic heterocycles. The van der Waals surface area contributed by atoms with Crippen LogP contribution in [0.4, 0.5) is 23.7 Å². The number of halogens is 3. The van der Waals surface area contributed by atoms with Gasteiger partial charge >= 0.3 is 12.2 Å². The van der Waals surface area contributed by atoms with Crippen molar-refractivity contribution in [3.05, 3.63) is 109 Å². The molecule has 0 aliphatic rings. The summed E-state index contributed by atoms with van der Waals surface area (Å²) in [5.41, 5.74) is 4.59. The molecule has 0 spiro atoms. The third kappa shape index (κ3) is 5.05. The number of urea groups is 1. The van der Waals surface area contributed by atoms with Gasteiger partial charge in [-0.3, -0.25) is 9.38 Å². The molecule has 2 aromatic carbocycles. The molecule has 0 fully saturated rings. The van der Waals surface area contributed by atoms with Crippen molar-refractivity contribution < 1.29 is 18.0 Å². The lowest BCUT2D eigenvalue weighted by molar-refractivity contribution is -0.137. The van der Waals surface area contributed by atoms with Crippen LogP contribution < -0.4 is 10.6 Å². The number of imidazole rings is 1. The highest BCUT2D eigenvalue weighted by molar-refractivity contribution is 5.89. The first-order valence-corrected chi connectivity index (χ1v) is 11.1. The number of nitrogens with zero attached hydrogens (tertiary/aromatic N) is 3. The number of pyridine rings is 2. The molecule has 0 saturated heterocycles. The first-order valence-electron chi connectivity index (χ1n) is 11.1. The molecule has 3 heterocycles. The summed E-state index contributed by atoms with van der Waals surface area (Å²) in [6, 6.07) is 21.2. The van der Waals surface area contributed by atoms with E-state index in [0.717, 1.165) is 45.9 Å². The van der Waals surface area contributed by atoms with Gasteiger partial charge in [-0.1, -0.05) is 36.4 Å². The zero-order valence-corrected chi connectivity index (χ0v) is 18.8. The van der Waals surface area contributed by atoms with Gasteiger partial charge in [0.05, 0.1) is 23.1 Å². The predicted molar refractivity (Wildman–Crippen MR) is 131 cm³/mol. The van der Waals surface area contributed by atoms with Crippen LogP contribution in [0.2, 0.25) is 0 Å². The molecular formula is C27H20F3N5O. The quantitative estimate of drug-likeness (QED) is 0.301. The van der Waals surface area contributed by atoms with Crippen molar-refractivity contribution >= 4 is 17.4 Å². The second-order valence-corrected chi connectivity index (χ2v) is 8.09. The van der Waals surface area contributed by atoms with Gasteiger partial charge in [0.15, 0.2) is 0 Å². The number of fused-ring (bicyclic) bond motifs is 1. The molecule has 0 bridgehead atoms. The number of anilines is 1. The smallest absolute Gasteiger partial charge is 0.334 e. The highest BCUT2D eigenvalue weighted by Gasteiger charge is 2.30. The largest absolute Gasteiger partial charge is 0.416 e. The molecule has 2 N–H and O–H groups in total. The summed E-state index contributed by atoms with van der Waals surface area (Å²) in [6.07, 6.45) is 1.03. The Hall–Kier alpha value is -4.66. The number of hydrogen-bond donors (Lipinski definition) is 2. The van der Waals surface area contributed by atoms with E-state index in [1.807, 2.05) is 65.2 Å². The van der Waals surface area contributed by atoms with Crippen molar-refractivity contribution in [1.29, 1.82) is 0 Å². The minimum absolute atomic E-state index is 0.0662. The fourth-order valence-electron chi connectivity index (χ4n) is 3.81. The second kappa shape index (κ2) is 9.53. The van der Waals surface area contributed by atoms with E-state index in [2.05, 4.69) is 20.6 Å². The van der Waals surface area contributed by atoms with Crippen molar-refractivity contribution in [3.63, 3.8) is 0 Å². The number of rotatable bonds is 5. The summed E-state index contributed by atoms with van der Waals surface area (Å²) in [7, 11) is 0. The minimum atomic E-state index is -4.47. The average molecular weight is 487 g/mol. The molecule has 6 nitrogen and oxygen atoms in total. The maximum atomic E-state index is 12.8. The summed E-state index contributed by atoms with van der Waals surface area (Å²) >= 11 is 0. The molecule has 0 saturated carbocycles. The van der Waals surface area contributed by atoms with Gasteiger partial charge in [-0.25, -0.2) is 9.78 Å². The van der Waals surface area contributed by atoms with Crippen LogP contribution in [-0.2, 0) is 12.7 Å². The molecule has 5 aromatic rings. The van der Waals surface area contributed by atoms with Gasteiger partial charge in [0.25, 0.3) is 0 Å². The SMILES string of the molecule is O=C(NCc1ccc(-c2cnc3cc(-c4ccccn4)ccn23)cc1)Nc1cccc(C(F)(F)F)c1. The van der Waals surface area contributed by atoms with Crippen LogP contribution in [0.5, 0.6) is 0 Å². The molecule has 9 heteroatoms. The lowest BCUT2D eigenvalue weighted by atomic mass is 10.1. The Labute approximate surface area is 204 Å². The van der Waals surface area contributed by atoms with Gasteiger partial charge in [0.2, 0.25) is 0 Å².